The van der Waals surface area contributed by atoms with Gasteiger partial charge in [-0.25, -0.2) is 9.59 Å². The zero-order chi connectivity index (χ0) is 21.0. The molecule has 0 radical (unpaired) electrons. The highest BCUT2D eigenvalue weighted by Gasteiger charge is 2.10. The average Bonchev–Trinajstić information content (AvgIpc) is 2.67. The molecule has 29 heavy (non-hydrogen) atoms. The molecule has 7 nitrogen and oxygen atoms in total. The van der Waals surface area contributed by atoms with Crippen LogP contribution in [0.1, 0.15) is 11.1 Å². The third-order valence-corrected chi connectivity index (χ3v) is 4.98. The van der Waals surface area contributed by atoms with Crippen LogP contribution in [0.4, 0.5) is 5.69 Å². The highest BCUT2D eigenvalue weighted by molar-refractivity contribution is 9.10. The molecule has 0 aliphatic carbocycles. The van der Waals surface area contributed by atoms with E-state index in [4.69, 9.17) is 13.9 Å². The van der Waals surface area contributed by atoms with Crippen molar-refractivity contribution in [3.05, 3.63) is 68.5 Å². The van der Waals surface area contributed by atoms with Crippen molar-refractivity contribution in [2.75, 3.05) is 18.5 Å². The standard InChI is InChI=1S/C21H18BrNO6/c1-12-8-20(25)29-18-9-15(4-5-16(12)18)27-11-21(26)28-10-19(24)23-14-3-6-17(22)13(2)7-14/h3-9H,10-11H2,1-2H3,(H,23,24). The lowest BCUT2D eigenvalue weighted by atomic mass is 10.1. The zero-order valence-electron chi connectivity index (χ0n) is 15.8. The van der Waals surface area contributed by atoms with Gasteiger partial charge < -0.3 is 19.2 Å². The Kier molecular flexibility index (Phi) is 6.33. The number of carbonyl (C=O) groups excluding carboxylic acids is 2. The largest absolute Gasteiger partial charge is 0.482 e. The Morgan fingerprint density at radius 1 is 1.03 bits per heavy atom. The van der Waals surface area contributed by atoms with Gasteiger partial charge >= 0.3 is 11.6 Å². The second kappa shape index (κ2) is 8.91. The number of nitrogens with one attached hydrogen (secondary N) is 1. The maximum atomic E-state index is 11.9. The van der Waals surface area contributed by atoms with Crippen molar-refractivity contribution in [1.82, 2.24) is 0 Å². The van der Waals surface area contributed by atoms with E-state index in [-0.39, 0.29) is 6.61 Å². The van der Waals surface area contributed by atoms with E-state index in [1.54, 1.807) is 31.2 Å². The Balaban J connectivity index is 1.50. The fourth-order valence-corrected chi connectivity index (χ4v) is 2.89. The van der Waals surface area contributed by atoms with Crippen molar-refractivity contribution < 1.29 is 23.5 Å². The number of esters is 1. The lowest BCUT2D eigenvalue weighted by Gasteiger charge is -2.09. The Labute approximate surface area is 174 Å². The topological polar surface area (TPSA) is 94.8 Å². The predicted octanol–water partition coefficient (Wildman–Crippen LogP) is 3.73. The fraction of sp³-hybridized carbons (Fsp3) is 0.190. The Morgan fingerprint density at radius 2 is 1.83 bits per heavy atom. The molecule has 1 N–H and O–H groups in total. The van der Waals surface area contributed by atoms with E-state index in [1.807, 2.05) is 13.0 Å². The minimum atomic E-state index is -0.696. The quantitative estimate of drug-likeness (QED) is 0.445. The van der Waals surface area contributed by atoms with Gasteiger partial charge in [0.1, 0.15) is 11.3 Å². The molecule has 8 heteroatoms. The fourth-order valence-electron chi connectivity index (χ4n) is 2.64. The van der Waals surface area contributed by atoms with Crippen LogP contribution in [0.2, 0.25) is 0 Å². The Hall–Kier alpha value is -3.13. The first-order valence-corrected chi connectivity index (χ1v) is 9.50. The molecule has 3 rings (SSSR count). The molecule has 150 valence electrons. The molecule has 1 heterocycles. The van der Waals surface area contributed by atoms with Gasteiger partial charge in [-0.15, -0.1) is 0 Å². The van der Waals surface area contributed by atoms with Crippen LogP contribution in [-0.2, 0) is 14.3 Å². The Morgan fingerprint density at radius 3 is 2.59 bits per heavy atom. The first-order chi connectivity index (χ1) is 13.8. The number of benzene rings is 2. The molecule has 0 saturated heterocycles. The summed E-state index contributed by atoms with van der Waals surface area (Å²) in [5, 5.41) is 3.43. The van der Waals surface area contributed by atoms with E-state index in [0.717, 1.165) is 21.0 Å². The van der Waals surface area contributed by atoms with E-state index in [1.165, 1.54) is 12.1 Å². The first-order valence-electron chi connectivity index (χ1n) is 8.71. The van der Waals surface area contributed by atoms with Crippen LogP contribution in [0.15, 0.2) is 56.1 Å². The van der Waals surface area contributed by atoms with Crippen LogP contribution < -0.4 is 15.7 Å². The SMILES string of the molecule is Cc1cc(NC(=O)COC(=O)COc2ccc3c(C)cc(=O)oc3c2)ccc1Br. The summed E-state index contributed by atoms with van der Waals surface area (Å²) in [5.74, 6) is -0.807. The molecule has 0 saturated carbocycles. The van der Waals surface area contributed by atoms with Crippen molar-refractivity contribution in [1.29, 1.82) is 0 Å². The zero-order valence-corrected chi connectivity index (χ0v) is 17.4. The number of hydrogen-bond donors (Lipinski definition) is 1. The van der Waals surface area contributed by atoms with E-state index >= 15 is 0 Å². The van der Waals surface area contributed by atoms with Gasteiger partial charge in [0.25, 0.3) is 5.91 Å². The van der Waals surface area contributed by atoms with Crippen molar-refractivity contribution in [3.63, 3.8) is 0 Å². The second-order valence-electron chi connectivity index (χ2n) is 6.37. The van der Waals surface area contributed by atoms with Gasteiger partial charge in [-0.2, -0.15) is 0 Å². The van der Waals surface area contributed by atoms with Gasteiger partial charge in [0, 0.05) is 27.7 Å². The summed E-state index contributed by atoms with van der Waals surface area (Å²) in [6, 6.07) is 11.7. The van der Waals surface area contributed by atoms with E-state index in [2.05, 4.69) is 21.2 Å². The predicted molar refractivity (Wildman–Crippen MR) is 111 cm³/mol. The number of amides is 1. The molecular formula is C21H18BrNO6. The number of hydrogen-bond acceptors (Lipinski definition) is 6. The highest BCUT2D eigenvalue weighted by Crippen LogP contribution is 2.22. The third-order valence-electron chi connectivity index (χ3n) is 4.09. The molecular weight excluding hydrogens is 442 g/mol. The van der Waals surface area contributed by atoms with E-state index in [9.17, 15) is 14.4 Å². The summed E-state index contributed by atoms with van der Waals surface area (Å²) in [4.78, 5) is 35.2. The number of anilines is 1. The summed E-state index contributed by atoms with van der Waals surface area (Å²) >= 11 is 3.38. The van der Waals surface area contributed by atoms with Crippen molar-refractivity contribution in [2.45, 2.75) is 13.8 Å². The number of rotatable bonds is 6. The van der Waals surface area contributed by atoms with Gasteiger partial charge in [-0.1, -0.05) is 15.9 Å². The summed E-state index contributed by atoms with van der Waals surface area (Å²) in [6.45, 7) is 2.89. The van der Waals surface area contributed by atoms with Gasteiger partial charge in [0.15, 0.2) is 13.2 Å². The normalized spacial score (nSPS) is 10.6. The second-order valence-corrected chi connectivity index (χ2v) is 7.22. The maximum absolute atomic E-state index is 11.9. The average molecular weight is 460 g/mol. The number of halogens is 1. The highest BCUT2D eigenvalue weighted by atomic mass is 79.9. The lowest BCUT2D eigenvalue weighted by molar-refractivity contribution is -0.149. The van der Waals surface area contributed by atoms with Crippen LogP contribution in [-0.4, -0.2) is 25.1 Å². The van der Waals surface area contributed by atoms with Gasteiger partial charge in [-0.05, 0) is 55.3 Å². The molecule has 3 aromatic rings. The van der Waals surface area contributed by atoms with Crippen LogP contribution in [0.25, 0.3) is 11.0 Å². The van der Waals surface area contributed by atoms with Gasteiger partial charge in [0.2, 0.25) is 0 Å². The molecule has 0 aliphatic rings. The van der Waals surface area contributed by atoms with Crippen LogP contribution in [0, 0.1) is 13.8 Å². The van der Waals surface area contributed by atoms with Gasteiger partial charge in [-0.3, -0.25) is 4.79 Å². The van der Waals surface area contributed by atoms with Crippen molar-refractivity contribution in [2.24, 2.45) is 0 Å². The number of ether oxygens (including phenoxy) is 2. The summed E-state index contributed by atoms with van der Waals surface area (Å²) in [6.07, 6.45) is 0. The Bertz CT molecular complexity index is 1140. The van der Waals surface area contributed by atoms with Crippen molar-refractivity contribution in [3.8, 4) is 5.75 Å². The molecule has 1 amide bonds. The third kappa shape index (κ3) is 5.45. The molecule has 0 bridgehead atoms. The molecule has 0 atom stereocenters. The summed E-state index contributed by atoms with van der Waals surface area (Å²) < 4.78 is 16.3. The molecule has 0 unspecified atom stereocenters. The van der Waals surface area contributed by atoms with E-state index in [0.29, 0.717) is 17.0 Å². The van der Waals surface area contributed by atoms with Crippen LogP contribution in [0.3, 0.4) is 0 Å². The lowest BCUT2D eigenvalue weighted by Crippen LogP contribution is -2.23. The summed E-state index contributed by atoms with van der Waals surface area (Å²) in [7, 11) is 0. The number of aryl methyl sites for hydroxylation is 2. The summed E-state index contributed by atoms with van der Waals surface area (Å²) in [5.41, 5.74) is 2.27. The van der Waals surface area contributed by atoms with Crippen LogP contribution in [0.5, 0.6) is 5.75 Å². The molecule has 2 aromatic carbocycles. The number of carbonyl (C=O) groups is 2. The van der Waals surface area contributed by atoms with Crippen LogP contribution >= 0.6 is 15.9 Å². The minimum Gasteiger partial charge on any atom is -0.482 e. The molecule has 0 spiro atoms. The van der Waals surface area contributed by atoms with Crippen molar-refractivity contribution >= 4 is 44.5 Å². The van der Waals surface area contributed by atoms with Gasteiger partial charge in [0.05, 0.1) is 0 Å². The van der Waals surface area contributed by atoms with E-state index < -0.39 is 24.1 Å². The number of fused-ring (bicyclic) bond motifs is 1. The molecule has 1 aromatic heterocycles. The monoisotopic (exact) mass is 459 g/mol. The smallest absolute Gasteiger partial charge is 0.344 e. The maximum Gasteiger partial charge on any atom is 0.344 e. The minimum absolute atomic E-state index is 0.345. The molecule has 0 aliphatic heterocycles. The molecule has 0 fully saturated rings. The first kappa shape index (κ1) is 20.6.